The molecule has 0 unspecified atom stereocenters. The predicted octanol–water partition coefficient (Wildman–Crippen LogP) is 3.34. The Kier molecular flexibility index (Phi) is 3.64. The van der Waals surface area contributed by atoms with Crippen molar-refractivity contribution in [2.45, 2.75) is 18.4 Å². The molecule has 5 nitrogen and oxygen atoms in total. The van der Waals surface area contributed by atoms with Crippen molar-refractivity contribution in [3.8, 4) is 0 Å². The Morgan fingerprint density at radius 1 is 1.17 bits per heavy atom. The van der Waals surface area contributed by atoms with Gasteiger partial charge in [-0.15, -0.1) is 11.3 Å². The van der Waals surface area contributed by atoms with E-state index in [0.717, 1.165) is 21.4 Å². The fraction of sp³-hybridized carbons (Fsp3) is 0.118. The normalized spacial score (nSPS) is 12.2. The van der Waals surface area contributed by atoms with E-state index in [9.17, 15) is 8.42 Å². The average Bonchev–Trinajstić information content (AvgIpc) is 3.14. The zero-order chi connectivity index (χ0) is 16.7. The number of fused-ring (bicyclic) bond motifs is 2. The van der Waals surface area contributed by atoms with Crippen molar-refractivity contribution in [2.24, 2.45) is 0 Å². The van der Waals surface area contributed by atoms with Crippen molar-refractivity contribution < 1.29 is 8.42 Å². The third-order valence-electron chi connectivity index (χ3n) is 3.91. The van der Waals surface area contributed by atoms with Crippen LogP contribution in [0, 0.1) is 6.92 Å². The van der Waals surface area contributed by atoms with Crippen LogP contribution in [0.4, 0.5) is 0 Å². The van der Waals surface area contributed by atoms with Gasteiger partial charge in [0, 0.05) is 17.3 Å². The molecule has 0 aliphatic heterocycles. The first-order valence-corrected chi connectivity index (χ1v) is 9.80. The van der Waals surface area contributed by atoms with Gasteiger partial charge in [0.2, 0.25) is 10.0 Å². The maximum absolute atomic E-state index is 12.5. The van der Waals surface area contributed by atoms with Gasteiger partial charge in [0.25, 0.3) is 0 Å². The number of hydrogen-bond donors (Lipinski definition) is 1. The second kappa shape index (κ2) is 5.70. The fourth-order valence-electron chi connectivity index (χ4n) is 2.61. The number of aromatic nitrogens is 2. The first-order valence-electron chi connectivity index (χ1n) is 7.43. The Morgan fingerprint density at radius 3 is 2.75 bits per heavy atom. The first kappa shape index (κ1) is 15.3. The lowest BCUT2D eigenvalue weighted by Crippen LogP contribution is -2.23. The summed E-state index contributed by atoms with van der Waals surface area (Å²) in [6, 6.07) is 12.8. The molecular weight excluding hydrogens is 342 g/mol. The number of nitrogens with one attached hydrogen (secondary N) is 1. The second-order valence-electron chi connectivity index (χ2n) is 5.60. The molecule has 0 radical (unpaired) electrons. The maximum atomic E-state index is 12.5. The number of nitrogens with zero attached hydrogens (tertiary/aromatic N) is 2. The van der Waals surface area contributed by atoms with E-state index < -0.39 is 10.0 Å². The zero-order valence-corrected chi connectivity index (χ0v) is 14.6. The van der Waals surface area contributed by atoms with Crippen LogP contribution in [0.2, 0.25) is 0 Å². The van der Waals surface area contributed by atoms with E-state index >= 15 is 0 Å². The predicted molar refractivity (Wildman–Crippen MR) is 95.8 cm³/mol. The molecule has 7 heteroatoms. The molecule has 0 amide bonds. The smallest absolute Gasteiger partial charge is 0.240 e. The fourth-order valence-corrected chi connectivity index (χ4v) is 4.52. The Balaban J connectivity index is 1.59. The van der Waals surface area contributed by atoms with Gasteiger partial charge in [0.1, 0.15) is 0 Å². The molecule has 4 rings (SSSR count). The highest BCUT2D eigenvalue weighted by molar-refractivity contribution is 7.89. The quantitative estimate of drug-likeness (QED) is 0.609. The van der Waals surface area contributed by atoms with Crippen LogP contribution in [-0.4, -0.2) is 17.8 Å². The number of sulfonamides is 1. The summed E-state index contributed by atoms with van der Waals surface area (Å²) >= 11 is 1.54. The van der Waals surface area contributed by atoms with Gasteiger partial charge in [-0.3, -0.25) is 4.40 Å². The minimum Gasteiger partial charge on any atom is -0.295 e. The summed E-state index contributed by atoms with van der Waals surface area (Å²) in [7, 11) is -3.58. The highest BCUT2D eigenvalue weighted by Gasteiger charge is 2.15. The number of rotatable bonds is 4. The van der Waals surface area contributed by atoms with Crippen LogP contribution in [0.5, 0.6) is 0 Å². The number of thiazole rings is 1. The molecule has 0 spiro atoms. The minimum atomic E-state index is -3.58. The van der Waals surface area contributed by atoms with Crippen molar-refractivity contribution in [3.05, 3.63) is 65.4 Å². The standard InChI is InChI=1S/C17H15N3O2S2/c1-12-11-23-17-19-15(10-20(12)17)9-18-24(21,22)16-7-6-13-4-2-3-5-14(13)8-16/h2-8,10-11,18H,9H2,1H3. The van der Waals surface area contributed by atoms with Crippen LogP contribution in [-0.2, 0) is 16.6 Å². The van der Waals surface area contributed by atoms with E-state index in [4.69, 9.17) is 0 Å². The highest BCUT2D eigenvalue weighted by Crippen LogP contribution is 2.20. The number of hydrogen-bond acceptors (Lipinski definition) is 4. The molecule has 0 saturated heterocycles. The molecule has 2 aromatic carbocycles. The summed E-state index contributed by atoms with van der Waals surface area (Å²) < 4.78 is 29.6. The minimum absolute atomic E-state index is 0.170. The van der Waals surface area contributed by atoms with Crippen LogP contribution < -0.4 is 4.72 Å². The Bertz CT molecular complexity index is 1140. The van der Waals surface area contributed by atoms with Crippen LogP contribution in [0.25, 0.3) is 15.7 Å². The third kappa shape index (κ3) is 2.71. The van der Waals surface area contributed by atoms with Gasteiger partial charge >= 0.3 is 0 Å². The largest absolute Gasteiger partial charge is 0.295 e. The zero-order valence-electron chi connectivity index (χ0n) is 12.9. The molecule has 122 valence electrons. The van der Waals surface area contributed by atoms with E-state index in [2.05, 4.69) is 9.71 Å². The molecule has 2 aromatic heterocycles. The summed E-state index contributed by atoms with van der Waals surface area (Å²) in [5.41, 5.74) is 1.79. The molecule has 4 aromatic rings. The molecule has 0 fully saturated rings. The summed E-state index contributed by atoms with van der Waals surface area (Å²) in [5.74, 6) is 0. The van der Waals surface area contributed by atoms with Gasteiger partial charge in [-0.2, -0.15) is 0 Å². The maximum Gasteiger partial charge on any atom is 0.240 e. The number of imidazole rings is 1. The topological polar surface area (TPSA) is 63.5 Å². The van der Waals surface area contributed by atoms with Gasteiger partial charge in [0.15, 0.2) is 4.96 Å². The molecule has 0 saturated carbocycles. The van der Waals surface area contributed by atoms with Crippen molar-refractivity contribution >= 4 is 37.1 Å². The summed E-state index contributed by atoms with van der Waals surface area (Å²) in [5, 5.41) is 3.94. The molecule has 2 heterocycles. The monoisotopic (exact) mass is 357 g/mol. The van der Waals surface area contributed by atoms with E-state index in [-0.39, 0.29) is 11.4 Å². The van der Waals surface area contributed by atoms with E-state index in [0.29, 0.717) is 5.69 Å². The highest BCUT2D eigenvalue weighted by atomic mass is 32.2. The molecule has 0 aliphatic rings. The summed E-state index contributed by atoms with van der Waals surface area (Å²) in [6.07, 6.45) is 1.87. The lowest BCUT2D eigenvalue weighted by atomic mass is 10.1. The molecular formula is C17H15N3O2S2. The summed E-state index contributed by atoms with van der Waals surface area (Å²) in [6.45, 7) is 2.16. The van der Waals surface area contributed by atoms with Crippen molar-refractivity contribution in [1.29, 1.82) is 0 Å². The summed E-state index contributed by atoms with van der Waals surface area (Å²) in [4.78, 5) is 5.57. The Labute approximate surface area is 143 Å². The van der Waals surface area contributed by atoms with Gasteiger partial charge in [-0.1, -0.05) is 30.3 Å². The lowest BCUT2D eigenvalue weighted by Gasteiger charge is -2.06. The lowest BCUT2D eigenvalue weighted by molar-refractivity contribution is 0.581. The van der Waals surface area contributed by atoms with E-state index in [1.54, 1.807) is 23.5 Å². The van der Waals surface area contributed by atoms with Gasteiger partial charge in [-0.25, -0.2) is 18.1 Å². The number of benzene rings is 2. The SMILES string of the molecule is Cc1csc2nc(CNS(=O)(=O)c3ccc4ccccc4c3)cn12. The first-order chi connectivity index (χ1) is 11.5. The van der Waals surface area contributed by atoms with Crippen LogP contribution in [0.15, 0.2) is 58.9 Å². The van der Waals surface area contributed by atoms with Crippen LogP contribution >= 0.6 is 11.3 Å². The van der Waals surface area contributed by atoms with E-state index in [1.165, 1.54) is 0 Å². The van der Waals surface area contributed by atoms with Crippen LogP contribution in [0.1, 0.15) is 11.4 Å². The van der Waals surface area contributed by atoms with Crippen LogP contribution in [0.3, 0.4) is 0 Å². The van der Waals surface area contributed by atoms with Crippen molar-refractivity contribution in [1.82, 2.24) is 14.1 Å². The van der Waals surface area contributed by atoms with Crippen molar-refractivity contribution in [3.63, 3.8) is 0 Å². The van der Waals surface area contributed by atoms with E-state index in [1.807, 2.05) is 53.2 Å². The Morgan fingerprint density at radius 2 is 1.96 bits per heavy atom. The van der Waals surface area contributed by atoms with Gasteiger partial charge < -0.3 is 0 Å². The van der Waals surface area contributed by atoms with Crippen molar-refractivity contribution in [2.75, 3.05) is 0 Å². The molecule has 1 N–H and O–H groups in total. The average molecular weight is 357 g/mol. The Hall–Kier alpha value is -2.22. The molecule has 0 atom stereocenters. The number of aryl methyl sites for hydroxylation is 1. The van der Waals surface area contributed by atoms with Gasteiger partial charge in [0.05, 0.1) is 17.1 Å². The molecule has 0 aliphatic carbocycles. The second-order valence-corrected chi connectivity index (χ2v) is 8.20. The third-order valence-corrected chi connectivity index (χ3v) is 6.27. The molecule has 0 bridgehead atoms. The molecule has 24 heavy (non-hydrogen) atoms. The van der Waals surface area contributed by atoms with Gasteiger partial charge in [-0.05, 0) is 29.8 Å².